The quantitative estimate of drug-likeness (QED) is 0.900. The third-order valence-corrected chi connectivity index (χ3v) is 4.35. The van der Waals surface area contributed by atoms with Crippen LogP contribution in [0, 0.1) is 5.82 Å². The number of rotatable bonds is 5. The van der Waals surface area contributed by atoms with Crippen LogP contribution in [0.5, 0.6) is 0 Å². The van der Waals surface area contributed by atoms with Gasteiger partial charge in [0.15, 0.2) is 0 Å². The van der Waals surface area contributed by atoms with Gasteiger partial charge in [0.1, 0.15) is 5.82 Å². The number of benzene rings is 1. The molecule has 1 aromatic rings. The molecule has 1 saturated heterocycles. The summed E-state index contributed by atoms with van der Waals surface area (Å²) in [7, 11) is 4.32. The van der Waals surface area contributed by atoms with E-state index in [1.165, 1.54) is 6.42 Å². The van der Waals surface area contributed by atoms with Crippen molar-refractivity contribution >= 4 is 0 Å². The van der Waals surface area contributed by atoms with Crippen molar-refractivity contribution in [3.8, 4) is 0 Å². The molecule has 4 heteroatoms. The van der Waals surface area contributed by atoms with Crippen LogP contribution in [0.4, 0.5) is 4.39 Å². The molecule has 21 heavy (non-hydrogen) atoms. The standard InChI is InChI=1S/C17H28FN3/c1-4-10-19-17(14-8-5-6-9-15(14)18)16-13-20(2)11-7-12-21(16)3/h5-6,8-9,16-17,19H,4,7,10-13H2,1-3H3. The average molecular weight is 293 g/mol. The molecule has 3 nitrogen and oxygen atoms in total. The molecular weight excluding hydrogens is 265 g/mol. The Morgan fingerprint density at radius 3 is 2.76 bits per heavy atom. The van der Waals surface area contributed by atoms with Gasteiger partial charge in [0.2, 0.25) is 0 Å². The monoisotopic (exact) mass is 293 g/mol. The van der Waals surface area contributed by atoms with Gasteiger partial charge in [-0.15, -0.1) is 0 Å². The van der Waals surface area contributed by atoms with Crippen molar-refractivity contribution in [2.24, 2.45) is 0 Å². The van der Waals surface area contributed by atoms with Crippen LogP contribution in [0.2, 0.25) is 0 Å². The zero-order chi connectivity index (χ0) is 15.2. The first kappa shape index (κ1) is 16.4. The Labute approximate surface area is 128 Å². The van der Waals surface area contributed by atoms with Crippen LogP contribution in [0.25, 0.3) is 0 Å². The zero-order valence-electron chi connectivity index (χ0n) is 13.5. The van der Waals surface area contributed by atoms with Crippen LogP contribution in [0.1, 0.15) is 31.4 Å². The molecule has 0 radical (unpaired) electrons. The molecule has 2 atom stereocenters. The predicted octanol–water partition coefficient (Wildman–Crippen LogP) is 2.50. The summed E-state index contributed by atoms with van der Waals surface area (Å²) in [6.45, 7) is 6.19. The lowest BCUT2D eigenvalue weighted by atomic mass is 9.97. The maximum Gasteiger partial charge on any atom is 0.128 e. The normalized spacial score (nSPS) is 23.0. The van der Waals surface area contributed by atoms with E-state index in [0.29, 0.717) is 6.04 Å². The zero-order valence-corrected chi connectivity index (χ0v) is 13.5. The van der Waals surface area contributed by atoms with Gasteiger partial charge in [0, 0.05) is 18.2 Å². The Balaban J connectivity index is 2.27. The molecule has 2 unspecified atom stereocenters. The highest BCUT2D eigenvalue weighted by Gasteiger charge is 2.30. The van der Waals surface area contributed by atoms with E-state index in [-0.39, 0.29) is 11.9 Å². The second kappa shape index (κ2) is 7.87. The second-order valence-electron chi connectivity index (χ2n) is 6.12. The molecule has 1 aliphatic rings. The smallest absolute Gasteiger partial charge is 0.128 e. The Morgan fingerprint density at radius 1 is 1.29 bits per heavy atom. The first-order chi connectivity index (χ1) is 10.1. The van der Waals surface area contributed by atoms with E-state index in [1.54, 1.807) is 12.1 Å². The first-order valence-corrected chi connectivity index (χ1v) is 8.00. The number of hydrogen-bond acceptors (Lipinski definition) is 3. The van der Waals surface area contributed by atoms with Crippen LogP contribution in [0.3, 0.4) is 0 Å². The van der Waals surface area contributed by atoms with Gasteiger partial charge in [0.25, 0.3) is 0 Å². The molecule has 1 heterocycles. The number of likely N-dealkylation sites (N-methyl/N-ethyl adjacent to an activating group) is 2. The average Bonchev–Trinajstić information content (AvgIpc) is 2.63. The maximum atomic E-state index is 14.3. The van der Waals surface area contributed by atoms with Crippen molar-refractivity contribution in [2.45, 2.75) is 31.8 Å². The minimum absolute atomic E-state index is 0.0386. The topological polar surface area (TPSA) is 18.5 Å². The molecule has 0 bridgehead atoms. The number of nitrogens with zero attached hydrogens (tertiary/aromatic N) is 2. The van der Waals surface area contributed by atoms with E-state index < -0.39 is 0 Å². The Bertz CT molecular complexity index is 438. The summed E-state index contributed by atoms with van der Waals surface area (Å²) in [6.07, 6.45) is 2.22. The van der Waals surface area contributed by atoms with Crippen molar-refractivity contribution < 1.29 is 4.39 Å². The molecule has 1 N–H and O–H groups in total. The van der Waals surface area contributed by atoms with E-state index in [4.69, 9.17) is 0 Å². The summed E-state index contributed by atoms with van der Waals surface area (Å²) in [4.78, 5) is 4.74. The van der Waals surface area contributed by atoms with Gasteiger partial charge in [-0.25, -0.2) is 4.39 Å². The van der Waals surface area contributed by atoms with E-state index in [1.807, 2.05) is 12.1 Å². The maximum absolute atomic E-state index is 14.3. The third-order valence-electron chi connectivity index (χ3n) is 4.35. The summed E-state index contributed by atoms with van der Waals surface area (Å²) >= 11 is 0. The minimum atomic E-state index is -0.105. The lowest BCUT2D eigenvalue weighted by molar-refractivity contribution is 0.176. The van der Waals surface area contributed by atoms with E-state index >= 15 is 0 Å². The molecule has 1 fully saturated rings. The fraction of sp³-hybridized carbons (Fsp3) is 0.647. The highest BCUT2D eigenvalue weighted by Crippen LogP contribution is 2.25. The van der Waals surface area contributed by atoms with Gasteiger partial charge in [-0.05, 0) is 52.6 Å². The molecule has 118 valence electrons. The van der Waals surface area contributed by atoms with Crippen molar-refractivity contribution in [3.05, 3.63) is 35.6 Å². The van der Waals surface area contributed by atoms with Crippen LogP contribution < -0.4 is 5.32 Å². The molecule has 0 amide bonds. The van der Waals surface area contributed by atoms with E-state index in [0.717, 1.165) is 38.2 Å². The Morgan fingerprint density at radius 2 is 2.05 bits per heavy atom. The van der Waals surface area contributed by atoms with Gasteiger partial charge >= 0.3 is 0 Å². The van der Waals surface area contributed by atoms with Gasteiger partial charge in [-0.1, -0.05) is 25.1 Å². The number of halogens is 1. The summed E-state index contributed by atoms with van der Waals surface area (Å²) in [5.74, 6) is -0.105. The lowest BCUT2D eigenvalue weighted by Crippen LogP contribution is -2.47. The van der Waals surface area contributed by atoms with Crippen LogP contribution >= 0.6 is 0 Å². The van der Waals surface area contributed by atoms with Crippen LogP contribution in [-0.2, 0) is 0 Å². The van der Waals surface area contributed by atoms with Crippen molar-refractivity contribution in [2.75, 3.05) is 40.3 Å². The highest BCUT2D eigenvalue weighted by atomic mass is 19.1. The molecule has 0 saturated carbocycles. The fourth-order valence-corrected chi connectivity index (χ4v) is 3.15. The van der Waals surface area contributed by atoms with Crippen molar-refractivity contribution in [3.63, 3.8) is 0 Å². The molecular formula is C17H28FN3. The molecule has 2 rings (SSSR count). The summed E-state index contributed by atoms with van der Waals surface area (Å²) in [6, 6.07) is 7.51. The van der Waals surface area contributed by atoms with Crippen LogP contribution in [0.15, 0.2) is 24.3 Å². The second-order valence-corrected chi connectivity index (χ2v) is 6.12. The number of nitrogens with one attached hydrogen (secondary N) is 1. The number of hydrogen-bond donors (Lipinski definition) is 1. The lowest BCUT2D eigenvalue weighted by Gasteiger charge is -2.35. The van der Waals surface area contributed by atoms with Gasteiger partial charge in [-0.2, -0.15) is 0 Å². The molecule has 0 aromatic heterocycles. The first-order valence-electron chi connectivity index (χ1n) is 8.00. The van der Waals surface area contributed by atoms with E-state index in [2.05, 4.69) is 36.1 Å². The molecule has 0 spiro atoms. The summed E-state index contributed by atoms with van der Waals surface area (Å²) in [5, 5.41) is 3.57. The summed E-state index contributed by atoms with van der Waals surface area (Å²) in [5.41, 5.74) is 0.790. The summed E-state index contributed by atoms with van der Waals surface area (Å²) < 4.78 is 14.3. The third kappa shape index (κ3) is 4.25. The minimum Gasteiger partial charge on any atom is -0.309 e. The Kier molecular flexibility index (Phi) is 6.15. The Hall–Kier alpha value is -0.970. The largest absolute Gasteiger partial charge is 0.309 e. The van der Waals surface area contributed by atoms with Gasteiger partial charge in [0.05, 0.1) is 6.04 Å². The molecule has 1 aliphatic heterocycles. The van der Waals surface area contributed by atoms with E-state index in [9.17, 15) is 4.39 Å². The van der Waals surface area contributed by atoms with Gasteiger partial charge < -0.3 is 15.1 Å². The van der Waals surface area contributed by atoms with Crippen molar-refractivity contribution in [1.29, 1.82) is 0 Å². The predicted molar refractivity (Wildman–Crippen MR) is 86.0 cm³/mol. The fourth-order valence-electron chi connectivity index (χ4n) is 3.15. The van der Waals surface area contributed by atoms with Crippen molar-refractivity contribution in [1.82, 2.24) is 15.1 Å². The molecule has 1 aromatic carbocycles. The molecule has 0 aliphatic carbocycles. The van der Waals surface area contributed by atoms with Crippen LogP contribution in [-0.4, -0.2) is 56.1 Å². The van der Waals surface area contributed by atoms with Gasteiger partial charge in [-0.3, -0.25) is 0 Å². The highest BCUT2D eigenvalue weighted by molar-refractivity contribution is 5.23. The SMILES string of the molecule is CCCNC(c1ccccc1F)C1CN(C)CCCN1C.